The van der Waals surface area contributed by atoms with Crippen LogP contribution in [0, 0.1) is 41.4 Å². The molecule has 1 aromatic rings. The van der Waals surface area contributed by atoms with Crippen LogP contribution in [0.4, 0.5) is 0 Å². The van der Waals surface area contributed by atoms with Gasteiger partial charge in [-0.2, -0.15) is 0 Å². The van der Waals surface area contributed by atoms with E-state index in [4.69, 9.17) is 28.4 Å². The second-order valence-corrected chi connectivity index (χ2v) is 13.0. The van der Waals surface area contributed by atoms with E-state index in [0.717, 1.165) is 0 Å². The molecule has 0 saturated carbocycles. The maximum absolute atomic E-state index is 6.90. The summed E-state index contributed by atoms with van der Waals surface area (Å²) in [6.07, 6.45) is -0.428. The van der Waals surface area contributed by atoms with Crippen LogP contribution in [0.2, 0.25) is 0 Å². The van der Waals surface area contributed by atoms with E-state index in [-0.39, 0.29) is 67.0 Å². The Morgan fingerprint density at radius 1 is 0.538 bits per heavy atom. The van der Waals surface area contributed by atoms with Crippen LogP contribution in [0.5, 0.6) is 0 Å². The summed E-state index contributed by atoms with van der Waals surface area (Å²) >= 11 is 0. The standard InChI is InChI=1S/C33H54O6/c1-18-20(3)29(17-34-16-28-14-12-11-13-15-28)37-32(22(18)5)38-30-23(6)26(9)36-33(24(30)7)39-31-21(4)19(2)25(8)35-27(31)10/h11-15,18-27,29-33H,16-17H2,1-10H3/t18?,19-,20+,21+,22?,23+,24?,25?,26?,27+,29+,30+,31?,32-,33+/m1/s1. The predicted octanol–water partition coefficient (Wildman–Crippen LogP) is 6.70. The summed E-state index contributed by atoms with van der Waals surface area (Å²) in [6.45, 7) is 23.4. The minimum Gasteiger partial charge on any atom is -0.374 e. The lowest BCUT2D eigenvalue weighted by Crippen LogP contribution is -2.57. The van der Waals surface area contributed by atoms with Crippen molar-refractivity contribution >= 4 is 0 Å². The van der Waals surface area contributed by atoms with Crippen molar-refractivity contribution in [2.24, 2.45) is 41.4 Å². The first-order valence-electron chi connectivity index (χ1n) is 15.4. The average Bonchev–Trinajstić information content (AvgIpc) is 2.92. The molecule has 6 nitrogen and oxygen atoms in total. The highest BCUT2D eigenvalue weighted by atomic mass is 16.7. The average molecular weight is 547 g/mol. The molecule has 4 rings (SSSR count). The molecule has 0 N–H and O–H groups in total. The second kappa shape index (κ2) is 13.3. The Labute approximate surface area is 237 Å². The van der Waals surface area contributed by atoms with Gasteiger partial charge >= 0.3 is 0 Å². The van der Waals surface area contributed by atoms with Crippen LogP contribution in [0.3, 0.4) is 0 Å². The van der Waals surface area contributed by atoms with Crippen LogP contribution < -0.4 is 0 Å². The fourth-order valence-corrected chi connectivity index (χ4v) is 6.70. The van der Waals surface area contributed by atoms with Gasteiger partial charge in [0.2, 0.25) is 0 Å². The van der Waals surface area contributed by atoms with Crippen LogP contribution >= 0.6 is 0 Å². The lowest BCUT2D eigenvalue weighted by Gasteiger charge is -2.50. The third kappa shape index (κ3) is 6.90. The van der Waals surface area contributed by atoms with Gasteiger partial charge in [0.25, 0.3) is 0 Å². The summed E-state index contributed by atoms with van der Waals surface area (Å²) in [5.41, 5.74) is 1.18. The molecule has 3 heterocycles. The Balaban J connectivity index is 1.41. The minimum absolute atomic E-state index is 0.00982. The van der Waals surface area contributed by atoms with E-state index in [2.05, 4.69) is 81.4 Å². The van der Waals surface area contributed by atoms with Gasteiger partial charge in [0, 0.05) is 17.8 Å². The second-order valence-electron chi connectivity index (χ2n) is 13.0. The summed E-state index contributed by atoms with van der Waals surface area (Å²) in [6, 6.07) is 10.3. The van der Waals surface area contributed by atoms with E-state index in [1.165, 1.54) is 5.56 Å². The maximum Gasteiger partial charge on any atom is 0.163 e. The molecular formula is C33H54O6. The largest absolute Gasteiger partial charge is 0.374 e. The lowest BCUT2D eigenvalue weighted by atomic mass is 9.78. The highest BCUT2D eigenvalue weighted by Crippen LogP contribution is 2.41. The molecule has 222 valence electrons. The Kier molecular flexibility index (Phi) is 10.6. The van der Waals surface area contributed by atoms with E-state index < -0.39 is 0 Å². The van der Waals surface area contributed by atoms with E-state index in [9.17, 15) is 0 Å². The van der Waals surface area contributed by atoms with Crippen LogP contribution in [0.15, 0.2) is 30.3 Å². The third-order valence-electron chi connectivity index (χ3n) is 10.5. The summed E-state index contributed by atoms with van der Waals surface area (Å²) in [4.78, 5) is 0. The molecule has 6 heteroatoms. The number of hydrogen-bond donors (Lipinski definition) is 0. The van der Waals surface area contributed by atoms with Crippen molar-refractivity contribution in [1.82, 2.24) is 0 Å². The Hall–Kier alpha value is -1.02. The molecule has 0 spiro atoms. The SMILES string of the molecule is CC1C(C)[C@H](C)[C@H](COCc2ccccc2)O[C@@H]1O[C@@H]1C(C)[C@H](OC2[C@H](C)OC(C)[C@H](C)[C@@H]2C)OC(C)[C@@H]1C. The molecule has 1 aromatic carbocycles. The first-order chi connectivity index (χ1) is 18.5. The van der Waals surface area contributed by atoms with E-state index in [1.54, 1.807) is 0 Å². The fraction of sp³-hybridized carbons (Fsp3) is 0.818. The number of rotatable bonds is 8. The smallest absolute Gasteiger partial charge is 0.163 e. The molecule has 0 bridgehead atoms. The Bertz CT molecular complexity index is 880. The highest BCUT2D eigenvalue weighted by molar-refractivity contribution is 5.13. The van der Waals surface area contributed by atoms with Gasteiger partial charge in [0.05, 0.1) is 49.8 Å². The van der Waals surface area contributed by atoms with Crippen molar-refractivity contribution in [2.45, 2.75) is 125 Å². The van der Waals surface area contributed by atoms with Gasteiger partial charge in [0.1, 0.15) is 0 Å². The monoisotopic (exact) mass is 546 g/mol. The van der Waals surface area contributed by atoms with E-state index in [0.29, 0.717) is 36.9 Å². The first kappa shape index (κ1) is 30.9. The molecule has 0 aliphatic carbocycles. The minimum atomic E-state index is -0.347. The van der Waals surface area contributed by atoms with E-state index in [1.807, 2.05) is 18.2 Å². The van der Waals surface area contributed by atoms with Crippen molar-refractivity contribution in [3.63, 3.8) is 0 Å². The summed E-state index contributed by atoms with van der Waals surface area (Å²) in [5, 5.41) is 0. The molecule has 15 atom stereocenters. The van der Waals surface area contributed by atoms with Gasteiger partial charge in [-0.3, -0.25) is 0 Å². The maximum atomic E-state index is 6.90. The first-order valence-corrected chi connectivity index (χ1v) is 15.4. The zero-order valence-corrected chi connectivity index (χ0v) is 25.9. The van der Waals surface area contributed by atoms with Crippen molar-refractivity contribution in [2.75, 3.05) is 6.61 Å². The summed E-state index contributed by atoms with van der Waals surface area (Å²) < 4.78 is 39.1. The number of benzene rings is 1. The third-order valence-corrected chi connectivity index (χ3v) is 10.5. The number of hydrogen-bond acceptors (Lipinski definition) is 6. The summed E-state index contributed by atoms with van der Waals surface area (Å²) in [5.74, 6) is 2.19. The molecule has 3 aliphatic heterocycles. The van der Waals surface area contributed by atoms with E-state index >= 15 is 0 Å². The molecule has 0 radical (unpaired) electrons. The number of ether oxygens (including phenoxy) is 6. The van der Waals surface area contributed by atoms with Gasteiger partial charge in [-0.1, -0.05) is 78.8 Å². The zero-order chi connectivity index (χ0) is 28.4. The highest BCUT2D eigenvalue weighted by Gasteiger charge is 2.48. The van der Waals surface area contributed by atoms with Crippen LogP contribution in [-0.4, -0.2) is 55.8 Å². The van der Waals surface area contributed by atoms with Crippen LogP contribution in [0.25, 0.3) is 0 Å². The van der Waals surface area contributed by atoms with Crippen molar-refractivity contribution < 1.29 is 28.4 Å². The van der Waals surface area contributed by atoms with Gasteiger partial charge in [0.15, 0.2) is 12.6 Å². The Morgan fingerprint density at radius 2 is 1.15 bits per heavy atom. The van der Waals surface area contributed by atoms with Crippen molar-refractivity contribution in [3.8, 4) is 0 Å². The van der Waals surface area contributed by atoms with Crippen LogP contribution in [-0.2, 0) is 35.0 Å². The normalized spacial score (nSPS) is 47.2. The molecule has 3 saturated heterocycles. The van der Waals surface area contributed by atoms with Gasteiger partial charge < -0.3 is 28.4 Å². The lowest BCUT2D eigenvalue weighted by molar-refractivity contribution is -0.337. The van der Waals surface area contributed by atoms with Crippen molar-refractivity contribution in [1.29, 1.82) is 0 Å². The molecule has 0 aromatic heterocycles. The molecule has 3 aliphatic rings. The van der Waals surface area contributed by atoms with Gasteiger partial charge in [-0.05, 0) is 50.0 Å². The molecule has 0 amide bonds. The summed E-state index contributed by atoms with van der Waals surface area (Å²) in [7, 11) is 0. The topological polar surface area (TPSA) is 55.4 Å². The fourth-order valence-electron chi connectivity index (χ4n) is 6.70. The van der Waals surface area contributed by atoms with Gasteiger partial charge in [-0.15, -0.1) is 0 Å². The molecule has 39 heavy (non-hydrogen) atoms. The van der Waals surface area contributed by atoms with Gasteiger partial charge in [-0.25, -0.2) is 0 Å². The molecule has 6 unspecified atom stereocenters. The molecule has 3 fully saturated rings. The van der Waals surface area contributed by atoms with Crippen molar-refractivity contribution in [3.05, 3.63) is 35.9 Å². The quantitative estimate of drug-likeness (QED) is 0.362. The Morgan fingerprint density at radius 3 is 1.85 bits per heavy atom. The molecular weight excluding hydrogens is 492 g/mol. The predicted molar refractivity (Wildman–Crippen MR) is 153 cm³/mol. The van der Waals surface area contributed by atoms with Crippen LogP contribution in [0.1, 0.15) is 74.8 Å². The zero-order valence-electron chi connectivity index (χ0n) is 25.9.